The molecule has 3 N–H and O–H groups in total. The van der Waals surface area contributed by atoms with Gasteiger partial charge in [0.15, 0.2) is 29.6 Å². The Hall–Kier alpha value is -4.82. The third-order valence-corrected chi connectivity index (χ3v) is 7.22. The lowest BCUT2D eigenvalue weighted by Crippen LogP contribution is -2.56. The topological polar surface area (TPSA) is 150 Å². The summed E-state index contributed by atoms with van der Waals surface area (Å²) in [5.74, 6) is -2.30. The second-order valence-electron chi connectivity index (χ2n) is 11.3. The summed E-state index contributed by atoms with van der Waals surface area (Å²) in [6, 6.07) is 7.63. The molecule has 1 fully saturated rings. The molecule has 0 bridgehead atoms. The first-order valence-corrected chi connectivity index (χ1v) is 14.1. The number of hydrogen-bond acceptors (Lipinski definition) is 8. The second kappa shape index (κ2) is 13.9. The van der Waals surface area contributed by atoms with Gasteiger partial charge in [0, 0.05) is 42.2 Å². The number of aromatic nitrogens is 3. The number of halogens is 3. The molecule has 0 aliphatic heterocycles. The van der Waals surface area contributed by atoms with Crippen LogP contribution in [0, 0.1) is 11.6 Å². The highest BCUT2D eigenvalue weighted by Crippen LogP contribution is 2.32. The molecule has 15 heteroatoms. The minimum Gasteiger partial charge on any atom is -0.554 e. The van der Waals surface area contributed by atoms with Gasteiger partial charge in [-0.2, -0.15) is 4.39 Å². The number of nitrogens with zero attached hydrogens (tertiary/aromatic N) is 4. The van der Waals surface area contributed by atoms with Crippen LogP contribution in [0.1, 0.15) is 23.2 Å². The van der Waals surface area contributed by atoms with Gasteiger partial charge in [-0.1, -0.05) is 11.6 Å². The minimum absolute atomic E-state index is 0.0121. The number of anilines is 2. The van der Waals surface area contributed by atoms with Gasteiger partial charge in [0.1, 0.15) is 0 Å². The van der Waals surface area contributed by atoms with Crippen LogP contribution >= 0.6 is 11.6 Å². The van der Waals surface area contributed by atoms with E-state index in [-0.39, 0.29) is 40.2 Å². The van der Waals surface area contributed by atoms with Gasteiger partial charge in [-0.15, -0.1) is 0 Å². The Kier molecular flexibility index (Phi) is 10.2. The fraction of sp³-hybridized carbons (Fsp3) is 0.300. The van der Waals surface area contributed by atoms with Crippen molar-refractivity contribution < 1.29 is 37.5 Å². The van der Waals surface area contributed by atoms with E-state index in [0.717, 1.165) is 0 Å². The number of rotatable bonds is 9. The zero-order valence-corrected chi connectivity index (χ0v) is 25.7. The predicted octanol–water partition coefficient (Wildman–Crippen LogP) is 2.53. The van der Waals surface area contributed by atoms with Crippen LogP contribution in [-0.4, -0.2) is 84.0 Å². The molecule has 1 aliphatic rings. The van der Waals surface area contributed by atoms with Crippen molar-refractivity contribution >= 4 is 47.0 Å². The first-order chi connectivity index (χ1) is 21.3. The molecule has 1 aliphatic carbocycles. The minimum atomic E-state index is -1.09. The Morgan fingerprint density at radius 1 is 1.11 bits per heavy atom. The number of fused-ring (bicyclic) bond motifs is 1. The van der Waals surface area contributed by atoms with Crippen LogP contribution in [0.5, 0.6) is 5.75 Å². The first-order valence-electron chi connectivity index (χ1n) is 13.7. The van der Waals surface area contributed by atoms with E-state index in [0.29, 0.717) is 52.3 Å². The van der Waals surface area contributed by atoms with Crippen LogP contribution in [0.4, 0.5) is 20.3 Å². The molecule has 2 aromatic carbocycles. The van der Waals surface area contributed by atoms with E-state index < -0.39 is 18.1 Å². The quantitative estimate of drug-likeness (QED) is 0.186. The van der Waals surface area contributed by atoms with Crippen LogP contribution in [-0.2, 0) is 9.59 Å². The van der Waals surface area contributed by atoms with Gasteiger partial charge in [-0.25, -0.2) is 14.4 Å². The molecule has 238 valence electrons. The molecule has 0 saturated heterocycles. The average molecular weight is 644 g/mol. The van der Waals surface area contributed by atoms with Crippen molar-refractivity contribution in [1.29, 1.82) is 0 Å². The van der Waals surface area contributed by atoms with Crippen molar-refractivity contribution in [3.63, 3.8) is 0 Å². The summed E-state index contributed by atoms with van der Waals surface area (Å²) < 4.78 is 36.1. The summed E-state index contributed by atoms with van der Waals surface area (Å²) in [7, 11) is 7.12. The molecule has 1 saturated carbocycles. The Morgan fingerprint density at radius 2 is 1.80 bits per heavy atom. The number of ether oxygens (including phenoxy) is 1. The highest BCUT2D eigenvalue weighted by molar-refractivity contribution is 6.34. The molecule has 12 nitrogen and oxygen atoms in total. The number of hydrogen-bond donors (Lipinski definition) is 3. The van der Waals surface area contributed by atoms with Gasteiger partial charge in [0.2, 0.25) is 5.82 Å². The lowest BCUT2D eigenvalue weighted by atomic mass is 9.86. The maximum absolute atomic E-state index is 14.8. The number of amides is 2. The Labute approximate surface area is 262 Å². The van der Waals surface area contributed by atoms with Crippen LogP contribution in [0.25, 0.3) is 16.9 Å². The number of likely N-dealkylation sites (N-methyl/N-ethyl adjacent to an activating group) is 1. The number of quaternary nitrogens is 1. The molecule has 45 heavy (non-hydrogen) atoms. The van der Waals surface area contributed by atoms with Crippen molar-refractivity contribution in [3.8, 4) is 17.0 Å². The molecule has 2 heterocycles. The first kappa shape index (κ1) is 33.1. The maximum Gasteiger partial charge on any atom is 0.275 e. The highest BCUT2D eigenvalue weighted by Gasteiger charge is 2.32. The Balaban J connectivity index is 0.00000148. The van der Waals surface area contributed by atoms with Crippen LogP contribution in [0.2, 0.25) is 5.02 Å². The van der Waals surface area contributed by atoms with Gasteiger partial charge >= 0.3 is 0 Å². The van der Waals surface area contributed by atoms with Crippen LogP contribution < -0.4 is 25.8 Å². The normalized spacial score (nSPS) is 15.7. The van der Waals surface area contributed by atoms with E-state index in [1.165, 1.54) is 31.6 Å². The summed E-state index contributed by atoms with van der Waals surface area (Å²) in [4.78, 5) is 41.9. The number of carboxylic acid groups (broad SMARTS) is 1. The summed E-state index contributed by atoms with van der Waals surface area (Å²) in [6.45, 7) is -0.115. The molecule has 0 unspecified atom stereocenters. The van der Waals surface area contributed by atoms with Gasteiger partial charge in [-0.05, 0) is 43.2 Å². The maximum atomic E-state index is 14.8. The van der Waals surface area contributed by atoms with Crippen LogP contribution in [0.3, 0.4) is 0 Å². The number of benzene rings is 2. The number of carbonyl (C=O) groups is 3. The third-order valence-electron chi connectivity index (χ3n) is 6.90. The molecule has 2 aromatic heterocycles. The van der Waals surface area contributed by atoms with Gasteiger partial charge < -0.3 is 35.1 Å². The van der Waals surface area contributed by atoms with E-state index in [1.807, 2.05) is 21.1 Å². The van der Waals surface area contributed by atoms with E-state index in [9.17, 15) is 18.4 Å². The molecule has 0 atom stereocenters. The van der Waals surface area contributed by atoms with Gasteiger partial charge in [-0.3, -0.25) is 14.0 Å². The molecule has 2 amide bonds. The standard InChI is InChI=1S/C29H30ClF2N7O3.CH2O2/c1-39(2,3)15-24(40)35-17-11-18(12-17)37-29(41)19-6-5-16(13-21(19)30)36-27-28-34-14-22(38(28)10-9-33-27)20-7-8-23(42-4)26(32)25(20)31;2-1-3/h5-10,13-14,17-18H,11-12,15H2,1-4H3,(H2-,33,35,36,37,40,41);1H,(H,2,3). The second-order valence-corrected chi connectivity index (χ2v) is 11.7. The summed E-state index contributed by atoms with van der Waals surface area (Å²) in [5, 5.41) is 17.6. The molecular weight excluding hydrogens is 612 g/mol. The molecular formula is C30H32ClF2N7O5. The zero-order chi connectivity index (χ0) is 32.9. The van der Waals surface area contributed by atoms with Crippen molar-refractivity contribution in [1.82, 2.24) is 25.0 Å². The SMILES string of the molecule is COc1ccc(-c2cnc3c(Nc4ccc(C(=O)NC5CC(NC(=O)C[N+](C)(C)C)C5)c(Cl)c4)nccn23)c(F)c1F.O=C[O-]. The monoisotopic (exact) mass is 643 g/mol. The third kappa shape index (κ3) is 7.83. The molecule has 5 rings (SSSR count). The number of nitrogens with one attached hydrogen (secondary N) is 3. The predicted molar refractivity (Wildman–Crippen MR) is 161 cm³/mol. The summed E-state index contributed by atoms with van der Waals surface area (Å²) >= 11 is 6.47. The Bertz CT molecular complexity index is 1720. The van der Waals surface area contributed by atoms with E-state index >= 15 is 0 Å². The number of methoxy groups -OCH3 is 1. The van der Waals surface area contributed by atoms with Crippen molar-refractivity contribution in [2.75, 3.05) is 40.1 Å². The Morgan fingerprint density at radius 3 is 2.44 bits per heavy atom. The van der Waals surface area contributed by atoms with Gasteiger partial charge in [0.25, 0.3) is 11.8 Å². The lowest BCUT2D eigenvalue weighted by molar-refractivity contribution is -0.862. The van der Waals surface area contributed by atoms with Crippen molar-refractivity contribution in [2.45, 2.75) is 24.9 Å². The fourth-order valence-corrected chi connectivity index (χ4v) is 5.09. The van der Waals surface area contributed by atoms with E-state index in [1.54, 1.807) is 28.8 Å². The number of imidazole rings is 1. The van der Waals surface area contributed by atoms with E-state index in [2.05, 4.69) is 25.9 Å². The number of carbonyl (C=O) groups excluding carboxylic acids is 3. The highest BCUT2D eigenvalue weighted by atomic mass is 35.5. The zero-order valence-electron chi connectivity index (χ0n) is 24.9. The van der Waals surface area contributed by atoms with Crippen molar-refractivity contribution in [2.24, 2.45) is 0 Å². The average Bonchev–Trinajstić information content (AvgIpc) is 3.38. The summed E-state index contributed by atoms with van der Waals surface area (Å²) in [5.41, 5.74) is 1.57. The van der Waals surface area contributed by atoms with Crippen molar-refractivity contribution in [3.05, 3.63) is 71.1 Å². The fourth-order valence-electron chi connectivity index (χ4n) is 4.83. The van der Waals surface area contributed by atoms with Crippen LogP contribution in [0.15, 0.2) is 48.9 Å². The molecule has 0 radical (unpaired) electrons. The smallest absolute Gasteiger partial charge is 0.275 e. The lowest BCUT2D eigenvalue weighted by Gasteiger charge is -2.36. The summed E-state index contributed by atoms with van der Waals surface area (Å²) in [6.07, 6.45) is 5.82. The molecule has 4 aromatic rings. The largest absolute Gasteiger partial charge is 0.554 e. The van der Waals surface area contributed by atoms with Gasteiger partial charge in [0.05, 0.1) is 50.7 Å². The molecule has 0 spiro atoms. The van der Waals surface area contributed by atoms with E-state index in [4.69, 9.17) is 26.2 Å².